The lowest BCUT2D eigenvalue weighted by Gasteiger charge is -2.39. The van der Waals surface area contributed by atoms with Gasteiger partial charge in [-0.25, -0.2) is 4.79 Å². The Morgan fingerprint density at radius 1 is 1.22 bits per heavy atom. The molecule has 2 aromatic rings. The maximum Gasteiger partial charge on any atom is 0.415 e. The van der Waals surface area contributed by atoms with E-state index in [1.165, 1.54) is 30.4 Å². The Balaban J connectivity index is 1.58. The fourth-order valence-electron chi connectivity index (χ4n) is 3.34. The van der Waals surface area contributed by atoms with Crippen LogP contribution in [0.15, 0.2) is 42.7 Å². The van der Waals surface area contributed by atoms with Crippen LogP contribution in [0, 0.1) is 6.92 Å². The second-order valence-electron chi connectivity index (χ2n) is 7.10. The van der Waals surface area contributed by atoms with Crippen molar-refractivity contribution in [1.82, 2.24) is 14.8 Å². The van der Waals surface area contributed by atoms with Crippen LogP contribution in [0.5, 0.6) is 5.75 Å². The van der Waals surface area contributed by atoms with E-state index in [9.17, 15) is 9.59 Å². The predicted molar refractivity (Wildman–Crippen MR) is 103 cm³/mol. The molecule has 1 aliphatic rings. The van der Waals surface area contributed by atoms with Crippen molar-refractivity contribution in [3.8, 4) is 5.75 Å². The number of pyridine rings is 1. The maximum atomic E-state index is 12.5. The molecule has 0 bridgehead atoms. The SMILES string of the molecule is CC(=O)c1cncc(OC(=O)N2CCN(Cc3cccc(C)c3)C[C@H]2C)c1. The van der Waals surface area contributed by atoms with E-state index >= 15 is 0 Å². The number of hydrogen-bond donors (Lipinski definition) is 0. The van der Waals surface area contributed by atoms with Crippen molar-refractivity contribution in [3.05, 3.63) is 59.4 Å². The van der Waals surface area contributed by atoms with Crippen LogP contribution in [-0.2, 0) is 6.54 Å². The van der Waals surface area contributed by atoms with Crippen molar-refractivity contribution in [2.45, 2.75) is 33.4 Å². The highest BCUT2D eigenvalue weighted by Gasteiger charge is 2.29. The van der Waals surface area contributed by atoms with Gasteiger partial charge in [-0.3, -0.25) is 14.7 Å². The standard InChI is InChI=1S/C21H25N3O3/c1-15-5-4-6-18(9-15)14-23-7-8-24(16(2)13-23)21(26)27-20-10-19(17(3)25)11-22-12-20/h4-6,9-12,16H,7-8,13-14H2,1-3H3/t16-/m1/s1. The Kier molecular flexibility index (Phi) is 5.86. The van der Waals surface area contributed by atoms with Gasteiger partial charge in [0.2, 0.25) is 0 Å². The zero-order valence-corrected chi connectivity index (χ0v) is 16.0. The molecular formula is C21H25N3O3. The van der Waals surface area contributed by atoms with Crippen LogP contribution in [0.2, 0.25) is 0 Å². The molecule has 0 radical (unpaired) electrons. The fraction of sp³-hybridized carbons (Fsp3) is 0.381. The van der Waals surface area contributed by atoms with Crippen molar-refractivity contribution in [2.75, 3.05) is 19.6 Å². The van der Waals surface area contributed by atoms with Crippen LogP contribution in [0.25, 0.3) is 0 Å². The van der Waals surface area contributed by atoms with Gasteiger partial charge in [0.1, 0.15) is 0 Å². The van der Waals surface area contributed by atoms with E-state index in [0.717, 1.165) is 19.6 Å². The summed E-state index contributed by atoms with van der Waals surface area (Å²) in [6.07, 6.45) is 2.51. The number of aryl methyl sites for hydroxylation is 1. The molecule has 0 saturated carbocycles. The lowest BCUT2D eigenvalue weighted by Crippen LogP contribution is -2.54. The Labute approximate surface area is 159 Å². The van der Waals surface area contributed by atoms with E-state index in [0.29, 0.717) is 17.9 Å². The van der Waals surface area contributed by atoms with Crippen LogP contribution in [0.4, 0.5) is 4.79 Å². The van der Waals surface area contributed by atoms with Crippen molar-refractivity contribution >= 4 is 11.9 Å². The molecule has 2 heterocycles. The number of nitrogens with zero attached hydrogens (tertiary/aromatic N) is 3. The predicted octanol–water partition coefficient (Wildman–Crippen LogP) is 3.30. The summed E-state index contributed by atoms with van der Waals surface area (Å²) >= 11 is 0. The number of benzene rings is 1. The van der Waals surface area contributed by atoms with Gasteiger partial charge in [0.25, 0.3) is 0 Å². The summed E-state index contributed by atoms with van der Waals surface area (Å²) in [6, 6.07) is 10.1. The first-order valence-electron chi connectivity index (χ1n) is 9.14. The first-order chi connectivity index (χ1) is 12.9. The smallest absolute Gasteiger partial charge is 0.409 e. The van der Waals surface area contributed by atoms with E-state index in [-0.39, 0.29) is 11.8 Å². The second kappa shape index (κ2) is 8.31. The third kappa shape index (κ3) is 4.92. The molecule has 6 heteroatoms. The minimum absolute atomic E-state index is 0.0417. The van der Waals surface area contributed by atoms with E-state index in [1.807, 2.05) is 6.92 Å². The van der Waals surface area contributed by atoms with Crippen LogP contribution >= 0.6 is 0 Å². The Hall–Kier alpha value is -2.73. The molecule has 6 nitrogen and oxygen atoms in total. The van der Waals surface area contributed by atoms with E-state index in [4.69, 9.17) is 4.74 Å². The largest absolute Gasteiger partial charge is 0.415 e. The van der Waals surface area contributed by atoms with Crippen molar-refractivity contribution in [1.29, 1.82) is 0 Å². The molecule has 1 fully saturated rings. The monoisotopic (exact) mass is 367 g/mol. The van der Waals surface area contributed by atoms with Gasteiger partial charge < -0.3 is 9.64 Å². The lowest BCUT2D eigenvalue weighted by atomic mass is 10.1. The van der Waals surface area contributed by atoms with Gasteiger partial charge in [-0.15, -0.1) is 0 Å². The highest BCUT2D eigenvalue weighted by molar-refractivity contribution is 5.94. The summed E-state index contributed by atoms with van der Waals surface area (Å²) < 4.78 is 5.44. The molecule has 1 atom stereocenters. The number of carbonyl (C=O) groups excluding carboxylic acids is 2. The quantitative estimate of drug-likeness (QED) is 0.776. The van der Waals surface area contributed by atoms with Gasteiger partial charge in [-0.05, 0) is 32.4 Å². The van der Waals surface area contributed by atoms with Gasteiger partial charge in [0, 0.05) is 44.0 Å². The van der Waals surface area contributed by atoms with Crippen LogP contribution in [0.3, 0.4) is 0 Å². The molecule has 1 aliphatic heterocycles. The van der Waals surface area contributed by atoms with Gasteiger partial charge in [-0.2, -0.15) is 0 Å². The molecule has 0 aliphatic carbocycles. The normalized spacial score (nSPS) is 17.6. The topological polar surface area (TPSA) is 62.7 Å². The lowest BCUT2D eigenvalue weighted by molar-refractivity contribution is 0.0751. The molecule has 0 N–H and O–H groups in total. The molecule has 0 unspecified atom stereocenters. The van der Waals surface area contributed by atoms with Crippen molar-refractivity contribution in [3.63, 3.8) is 0 Å². The molecular weight excluding hydrogens is 342 g/mol. The van der Waals surface area contributed by atoms with Crippen LogP contribution in [-0.4, -0.2) is 52.3 Å². The molecule has 1 aromatic carbocycles. The number of piperazine rings is 1. The zero-order valence-electron chi connectivity index (χ0n) is 16.0. The number of rotatable bonds is 4. The molecule has 3 rings (SSSR count). The zero-order chi connectivity index (χ0) is 19.4. The molecule has 142 valence electrons. The summed E-state index contributed by atoms with van der Waals surface area (Å²) in [5.74, 6) is 0.181. The van der Waals surface area contributed by atoms with Gasteiger partial charge >= 0.3 is 6.09 Å². The molecule has 27 heavy (non-hydrogen) atoms. The van der Waals surface area contributed by atoms with E-state index in [1.54, 1.807) is 11.0 Å². The highest BCUT2D eigenvalue weighted by Crippen LogP contribution is 2.18. The number of ether oxygens (including phenoxy) is 1. The minimum Gasteiger partial charge on any atom is -0.409 e. The minimum atomic E-state index is -0.403. The molecule has 1 aromatic heterocycles. The van der Waals surface area contributed by atoms with Crippen LogP contribution < -0.4 is 4.74 Å². The third-order valence-electron chi connectivity index (χ3n) is 4.76. The third-order valence-corrected chi connectivity index (χ3v) is 4.76. The summed E-state index contributed by atoms with van der Waals surface area (Å²) in [7, 11) is 0. The van der Waals surface area contributed by atoms with E-state index < -0.39 is 6.09 Å². The van der Waals surface area contributed by atoms with Crippen molar-refractivity contribution < 1.29 is 14.3 Å². The summed E-state index contributed by atoms with van der Waals surface area (Å²) in [4.78, 5) is 32.0. The first kappa shape index (κ1) is 19.0. The summed E-state index contributed by atoms with van der Waals surface area (Å²) in [6.45, 7) is 8.63. The molecule has 0 spiro atoms. The molecule has 1 amide bonds. The number of amides is 1. The second-order valence-corrected chi connectivity index (χ2v) is 7.10. The summed E-state index contributed by atoms with van der Waals surface area (Å²) in [5, 5.41) is 0. The number of carbonyl (C=O) groups is 2. The first-order valence-corrected chi connectivity index (χ1v) is 9.14. The maximum absolute atomic E-state index is 12.5. The van der Waals surface area contributed by atoms with Gasteiger partial charge in [0.15, 0.2) is 11.5 Å². The number of aromatic nitrogens is 1. The van der Waals surface area contributed by atoms with Crippen molar-refractivity contribution in [2.24, 2.45) is 0 Å². The van der Waals surface area contributed by atoms with E-state index in [2.05, 4.69) is 41.1 Å². The van der Waals surface area contributed by atoms with Gasteiger partial charge in [0.05, 0.1) is 6.20 Å². The number of ketones is 1. The summed E-state index contributed by atoms with van der Waals surface area (Å²) in [5.41, 5.74) is 2.96. The molecule has 1 saturated heterocycles. The number of hydrogen-bond acceptors (Lipinski definition) is 5. The Morgan fingerprint density at radius 3 is 2.74 bits per heavy atom. The Morgan fingerprint density at radius 2 is 2.04 bits per heavy atom. The van der Waals surface area contributed by atoms with Crippen LogP contribution in [0.1, 0.15) is 35.3 Å². The van der Waals surface area contributed by atoms with Gasteiger partial charge in [-0.1, -0.05) is 29.8 Å². The fourth-order valence-corrected chi connectivity index (χ4v) is 3.34. The average molecular weight is 367 g/mol. The average Bonchev–Trinajstić information content (AvgIpc) is 2.62. The Bertz CT molecular complexity index is 837. The highest BCUT2D eigenvalue weighted by atomic mass is 16.6. The number of Topliss-reactive ketones (excluding diaryl/α,β-unsaturated/α-hetero) is 1.